The van der Waals surface area contributed by atoms with E-state index >= 15 is 0 Å². The van der Waals surface area contributed by atoms with Crippen LogP contribution in [0.2, 0.25) is 0 Å². The van der Waals surface area contributed by atoms with Crippen LogP contribution in [0.5, 0.6) is 5.75 Å². The number of carbonyl (C=O) groups excluding carboxylic acids is 2. The number of ether oxygens (including phenoxy) is 1. The van der Waals surface area contributed by atoms with E-state index in [1.54, 1.807) is 12.0 Å². The summed E-state index contributed by atoms with van der Waals surface area (Å²) >= 11 is 0. The fraction of sp³-hybridized carbons (Fsp3) is 0.556. The topological polar surface area (TPSA) is 84.7 Å². The molecule has 1 aliphatic heterocycles. The van der Waals surface area contributed by atoms with Crippen LogP contribution in [0.15, 0.2) is 24.3 Å². The minimum absolute atomic E-state index is 0.0367. The van der Waals surface area contributed by atoms with E-state index in [1.165, 1.54) is 0 Å². The fourth-order valence-electron chi connectivity index (χ4n) is 3.66. The number of anilines is 1. The third-order valence-corrected chi connectivity index (χ3v) is 4.98. The maximum atomic E-state index is 12.7. The molecule has 1 aromatic rings. The molecule has 1 heterocycles. The Morgan fingerprint density at radius 1 is 1.29 bits per heavy atom. The van der Waals surface area contributed by atoms with E-state index < -0.39 is 6.04 Å². The largest absolute Gasteiger partial charge is 0.495 e. The number of nitrogens with one attached hydrogen (secondary N) is 1. The predicted molar refractivity (Wildman–Crippen MR) is 91.8 cm³/mol. The molecule has 1 saturated carbocycles. The Morgan fingerprint density at radius 3 is 2.83 bits per heavy atom. The number of carbonyl (C=O) groups is 2. The number of rotatable bonds is 4. The van der Waals surface area contributed by atoms with Gasteiger partial charge in [-0.2, -0.15) is 0 Å². The molecule has 0 aromatic heterocycles. The van der Waals surface area contributed by atoms with E-state index in [4.69, 9.17) is 10.5 Å². The van der Waals surface area contributed by atoms with E-state index in [9.17, 15) is 9.59 Å². The van der Waals surface area contributed by atoms with Crippen LogP contribution in [0.25, 0.3) is 0 Å². The van der Waals surface area contributed by atoms with Gasteiger partial charge in [0.25, 0.3) is 0 Å². The van der Waals surface area contributed by atoms with Gasteiger partial charge in [-0.25, -0.2) is 0 Å². The van der Waals surface area contributed by atoms with Crippen LogP contribution in [0.1, 0.15) is 32.1 Å². The van der Waals surface area contributed by atoms with E-state index in [1.807, 2.05) is 24.3 Å². The number of benzene rings is 1. The van der Waals surface area contributed by atoms with Gasteiger partial charge in [-0.05, 0) is 37.8 Å². The van der Waals surface area contributed by atoms with Gasteiger partial charge in [-0.1, -0.05) is 18.6 Å². The monoisotopic (exact) mass is 331 g/mol. The van der Waals surface area contributed by atoms with Crippen LogP contribution in [0.4, 0.5) is 5.69 Å². The minimum atomic E-state index is -0.458. The van der Waals surface area contributed by atoms with Crippen molar-refractivity contribution >= 4 is 17.5 Å². The van der Waals surface area contributed by atoms with Crippen LogP contribution in [0, 0.1) is 5.92 Å². The number of nitrogens with zero attached hydrogens (tertiary/aromatic N) is 1. The quantitative estimate of drug-likeness (QED) is 0.874. The van der Waals surface area contributed by atoms with Crippen LogP contribution >= 0.6 is 0 Å². The number of hydrogen-bond acceptors (Lipinski definition) is 4. The summed E-state index contributed by atoms with van der Waals surface area (Å²) in [6, 6.07) is 7.08. The van der Waals surface area contributed by atoms with Crippen LogP contribution in [-0.2, 0) is 9.59 Å². The molecule has 3 N–H and O–H groups in total. The van der Waals surface area contributed by atoms with Gasteiger partial charge in [0.1, 0.15) is 11.8 Å². The molecule has 0 bridgehead atoms. The van der Waals surface area contributed by atoms with Gasteiger partial charge in [-0.3, -0.25) is 9.59 Å². The molecule has 3 unspecified atom stereocenters. The minimum Gasteiger partial charge on any atom is -0.495 e. The zero-order chi connectivity index (χ0) is 17.1. The average Bonchev–Trinajstić information content (AvgIpc) is 2.95. The summed E-state index contributed by atoms with van der Waals surface area (Å²) < 4.78 is 5.33. The van der Waals surface area contributed by atoms with E-state index in [-0.39, 0.29) is 23.8 Å². The van der Waals surface area contributed by atoms with Crippen molar-refractivity contribution in [2.75, 3.05) is 18.6 Å². The van der Waals surface area contributed by atoms with Crippen LogP contribution < -0.4 is 20.7 Å². The first kappa shape index (κ1) is 16.8. The second kappa shape index (κ2) is 7.21. The molecule has 2 fully saturated rings. The Morgan fingerprint density at radius 2 is 2.08 bits per heavy atom. The summed E-state index contributed by atoms with van der Waals surface area (Å²) in [5.41, 5.74) is 6.71. The maximum absolute atomic E-state index is 12.7. The molecule has 1 aliphatic carbocycles. The molecule has 3 rings (SSSR count). The molecular formula is C18H25N3O3. The Hall–Kier alpha value is -2.08. The molecule has 2 amide bonds. The van der Waals surface area contributed by atoms with Gasteiger partial charge in [0.05, 0.1) is 12.8 Å². The van der Waals surface area contributed by atoms with Gasteiger partial charge in [0, 0.05) is 18.5 Å². The van der Waals surface area contributed by atoms with E-state index in [0.717, 1.165) is 24.9 Å². The van der Waals surface area contributed by atoms with Crippen molar-refractivity contribution in [3.63, 3.8) is 0 Å². The predicted octanol–water partition coefficient (Wildman–Crippen LogP) is 1.43. The van der Waals surface area contributed by atoms with Crippen molar-refractivity contribution in [3.8, 4) is 5.75 Å². The summed E-state index contributed by atoms with van der Waals surface area (Å²) in [6.45, 7) is 0.578. The van der Waals surface area contributed by atoms with Crippen molar-refractivity contribution in [2.45, 2.75) is 44.2 Å². The molecule has 130 valence electrons. The van der Waals surface area contributed by atoms with Crippen molar-refractivity contribution < 1.29 is 14.3 Å². The standard InChI is InChI=1S/C18H25N3O3/c1-24-16-8-3-2-7-15(16)21-10-9-14(18(21)23)20-17(22)12-5-4-6-13(19)11-12/h2-3,7-8,12-14H,4-6,9-11,19H2,1H3,(H,20,22). The molecule has 2 aliphatic rings. The lowest BCUT2D eigenvalue weighted by atomic mass is 9.85. The molecule has 0 spiro atoms. The number of amides is 2. The second-order valence-corrected chi connectivity index (χ2v) is 6.64. The Kier molecular flexibility index (Phi) is 5.04. The lowest BCUT2D eigenvalue weighted by molar-refractivity contribution is -0.130. The first-order chi connectivity index (χ1) is 11.6. The first-order valence-corrected chi connectivity index (χ1v) is 8.60. The molecule has 24 heavy (non-hydrogen) atoms. The van der Waals surface area contributed by atoms with Gasteiger partial charge in [0.15, 0.2) is 0 Å². The van der Waals surface area contributed by atoms with Gasteiger partial charge >= 0.3 is 0 Å². The number of methoxy groups -OCH3 is 1. The third kappa shape index (κ3) is 3.38. The smallest absolute Gasteiger partial charge is 0.249 e. The molecule has 6 nitrogen and oxygen atoms in total. The highest BCUT2D eigenvalue weighted by Gasteiger charge is 2.36. The lowest BCUT2D eigenvalue weighted by Crippen LogP contribution is -2.45. The Balaban J connectivity index is 1.65. The number of nitrogens with two attached hydrogens (primary N) is 1. The van der Waals surface area contributed by atoms with Gasteiger partial charge in [-0.15, -0.1) is 0 Å². The van der Waals surface area contributed by atoms with E-state index in [0.29, 0.717) is 25.1 Å². The van der Waals surface area contributed by atoms with Gasteiger partial charge < -0.3 is 20.7 Å². The van der Waals surface area contributed by atoms with Crippen molar-refractivity contribution in [3.05, 3.63) is 24.3 Å². The number of hydrogen-bond donors (Lipinski definition) is 2. The molecular weight excluding hydrogens is 306 g/mol. The SMILES string of the molecule is COc1ccccc1N1CCC(NC(=O)C2CCCC(N)C2)C1=O. The Bertz CT molecular complexity index is 619. The van der Waals surface area contributed by atoms with Gasteiger partial charge in [0.2, 0.25) is 11.8 Å². The first-order valence-electron chi connectivity index (χ1n) is 8.60. The normalized spacial score (nSPS) is 27.2. The highest BCUT2D eigenvalue weighted by atomic mass is 16.5. The average molecular weight is 331 g/mol. The summed E-state index contributed by atoms with van der Waals surface area (Å²) in [5, 5.41) is 2.93. The Labute approximate surface area is 142 Å². The van der Waals surface area contributed by atoms with Crippen molar-refractivity contribution in [1.82, 2.24) is 5.32 Å². The summed E-state index contributed by atoms with van der Waals surface area (Å²) in [6.07, 6.45) is 4.14. The lowest BCUT2D eigenvalue weighted by Gasteiger charge is -2.26. The maximum Gasteiger partial charge on any atom is 0.249 e. The zero-order valence-corrected chi connectivity index (χ0v) is 14.0. The van der Waals surface area contributed by atoms with Crippen LogP contribution in [-0.4, -0.2) is 37.6 Å². The molecule has 1 aromatic carbocycles. The van der Waals surface area contributed by atoms with Crippen molar-refractivity contribution in [1.29, 1.82) is 0 Å². The van der Waals surface area contributed by atoms with Crippen molar-refractivity contribution in [2.24, 2.45) is 11.7 Å². The number of para-hydroxylation sites is 2. The summed E-state index contributed by atoms with van der Waals surface area (Å²) in [7, 11) is 1.59. The third-order valence-electron chi connectivity index (χ3n) is 4.98. The second-order valence-electron chi connectivity index (χ2n) is 6.64. The molecule has 6 heteroatoms. The summed E-state index contributed by atoms with van der Waals surface area (Å²) in [5.74, 6) is 0.483. The molecule has 3 atom stereocenters. The fourth-order valence-corrected chi connectivity index (χ4v) is 3.66. The molecule has 1 saturated heterocycles. The zero-order valence-electron chi connectivity index (χ0n) is 14.0. The summed E-state index contributed by atoms with van der Waals surface area (Å²) in [4.78, 5) is 26.8. The molecule has 0 radical (unpaired) electrons. The highest BCUT2D eigenvalue weighted by Crippen LogP contribution is 2.31. The highest BCUT2D eigenvalue weighted by molar-refractivity contribution is 6.02. The van der Waals surface area contributed by atoms with Crippen LogP contribution in [0.3, 0.4) is 0 Å². The van der Waals surface area contributed by atoms with E-state index in [2.05, 4.69) is 5.32 Å².